The highest BCUT2D eigenvalue weighted by Gasteiger charge is 2.76. The van der Waals surface area contributed by atoms with Gasteiger partial charge in [0, 0.05) is 5.92 Å². The first-order valence-corrected chi connectivity index (χ1v) is 7.62. The van der Waals surface area contributed by atoms with Gasteiger partial charge in [-0.2, -0.15) is 21.0 Å². The van der Waals surface area contributed by atoms with Crippen molar-refractivity contribution < 1.29 is 4.74 Å². The minimum atomic E-state index is -1.79. The molecule has 0 amide bonds. The van der Waals surface area contributed by atoms with E-state index in [2.05, 4.69) is 0 Å². The Morgan fingerprint density at radius 3 is 2.04 bits per heavy atom. The molecule has 1 aromatic carbocycles. The van der Waals surface area contributed by atoms with Gasteiger partial charge in [-0.15, -0.1) is 0 Å². The Labute approximate surface area is 145 Å². The van der Waals surface area contributed by atoms with E-state index in [9.17, 15) is 21.0 Å². The molecule has 0 bridgehead atoms. The fourth-order valence-corrected chi connectivity index (χ4v) is 3.49. The maximum atomic E-state index is 9.72. The number of rotatable bonds is 2. The number of fused-ring (bicyclic) bond motifs is 1. The molecule has 1 fully saturated rings. The fraction of sp³-hybridized carbons (Fsp3) is 0.200. The van der Waals surface area contributed by atoms with Gasteiger partial charge in [0.2, 0.25) is 0 Å². The number of nitrogens with zero attached hydrogens (tertiary/aromatic N) is 4. The summed E-state index contributed by atoms with van der Waals surface area (Å²) >= 11 is 0. The third-order valence-electron chi connectivity index (χ3n) is 4.74. The number of hydrogen-bond acceptors (Lipinski definition) is 5. The van der Waals surface area contributed by atoms with Crippen molar-refractivity contribution in [3.8, 4) is 30.0 Å². The Balaban J connectivity index is 2.14. The van der Waals surface area contributed by atoms with Crippen LogP contribution < -0.4 is 4.74 Å². The second kappa shape index (κ2) is 6.01. The monoisotopic (exact) mass is 324 g/mol. The van der Waals surface area contributed by atoms with E-state index < -0.39 is 22.7 Å². The molecule has 5 nitrogen and oxygen atoms in total. The zero-order chi connectivity index (χ0) is 17.9. The van der Waals surface area contributed by atoms with Gasteiger partial charge in [0.15, 0.2) is 10.8 Å². The van der Waals surface area contributed by atoms with E-state index in [-0.39, 0.29) is 0 Å². The maximum Gasteiger partial charge on any atom is 0.186 e. The largest absolute Gasteiger partial charge is 0.461 e. The van der Waals surface area contributed by atoms with E-state index in [1.165, 1.54) is 0 Å². The summed E-state index contributed by atoms with van der Waals surface area (Å²) in [5, 5.41) is 38.7. The Morgan fingerprint density at radius 2 is 1.44 bits per heavy atom. The van der Waals surface area contributed by atoms with Crippen LogP contribution in [0.5, 0.6) is 5.75 Å². The van der Waals surface area contributed by atoms with Crippen LogP contribution in [0, 0.1) is 68.0 Å². The summed E-state index contributed by atoms with van der Waals surface area (Å²) in [6, 6.07) is 16.7. The van der Waals surface area contributed by atoms with Crippen LogP contribution in [0.1, 0.15) is 0 Å². The van der Waals surface area contributed by atoms with Gasteiger partial charge in [-0.1, -0.05) is 42.5 Å². The van der Waals surface area contributed by atoms with Crippen molar-refractivity contribution in [1.29, 1.82) is 21.0 Å². The zero-order valence-electron chi connectivity index (χ0n) is 13.1. The lowest BCUT2D eigenvalue weighted by Crippen LogP contribution is -2.63. The van der Waals surface area contributed by atoms with Crippen molar-refractivity contribution >= 4 is 0 Å². The van der Waals surface area contributed by atoms with Gasteiger partial charge in [0.1, 0.15) is 11.5 Å². The molecule has 0 saturated heterocycles. The number of benzene rings is 1. The predicted molar refractivity (Wildman–Crippen MR) is 87.7 cm³/mol. The molecule has 0 heterocycles. The molecule has 0 spiro atoms. The molecule has 0 N–H and O–H groups in total. The number of ether oxygens (including phenoxy) is 1. The van der Waals surface area contributed by atoms with E-state index >= 15 is 0 Å². The van der Waals surface area contributed by atoms with Gasteiger partial charge in [-0.05, 0) is 18.2 Å². The van der Waals surface area contributed by atoms with Gasteiger partial charge >= 0.3 is 0 Å². The smallest absolute Gasteiger partial charge is 0.186 e. The van der Waals surface area contributed by atoms with Crippen LogP contribution in [0.3, 0.4) is 0 Å². The Kier molecular flexibility index (Phi) is 3.86. The van der Waals surface area contributed by atoms with Crippen molar-refractivity contribution in [2.45, 2.75) is 0 Å². The van der Waals surface area contributed by atoms with E-state index in [0.717, 1.165) is 0 Å². The first-order valence-electron chi connectivity index (χ1n) is 7.62. The van der Waals surface area contributed by atoms with Crippen LogP contribution in [-0.4, -0.2) is 0 Å². The molecule has 0 unspecified atom stereocenters. The molecule has 0 radical (unpaired) electrons. The lowest BCUT2D eigenvalue weighted by Gasteiger charge is -2.54. The maximum absolute atomic E-state index is 9.72. The average molecular weight is 324 g/mol. The summed E-state index contributed by atoms with van der Waals surface area (Å²) in [7, 11) is 0. The summed E-state index contributed by atoms with van der Waals surface area (Å²) in [6.07, 6.45) is 8.58. The van der Waals surface area contributed by atoms with Crippen molar-refractivity contribution in [3.63, 3.8) is 0 Å². The molecule has 0 aromatic heterocycles. The normalized spacial score (nSPS) is 24.4. The number of allylic oxidation sites excluding steroid dienone is 6. The number of hydrogen-bond donors (Lipinski definition) is 0. The van der Waals surface area contributed by atoms with Crippen LogP contribution in [0.2, 0.25) is 0 Å². The summed E-state index contributed by atoms with van der Waals surface area (Å²) < 4.78 is 5.92. The standard InChI is InChI=1S/C20H12N4O/c21-11-19(12-22)16-9-5-2-6-10-17(18(16)20(19,13-23)14-24)25-15-7-3-1-4-8-15/h1-10,16,18H/t16-,18+/m1/s1. The summed E-state index contributed by atoms with van der Waals surface area (Å²) in [5.74, 6) is -0.368. The van der Waals surface area contributed by atoms with Gasteiger partial charge in [0.25, 0.3) is 0 Å². The van der Waals surface area contributed by atoms with Gasteiger partial charge < -0.3 is 4.74 Å². The molecule has 1 aromatic rings. The van der Waals surface area contributed by atoms with Gasteiger partial charge in [-0.3, -0.25) is 0 Å². The second-order valence-corrected chi connectivity index (χ2v) is 5.82. The molecule has 118 valence electrons. The molecule has 2 aliphatic rings. The molecule has 5 heteroatoms. The minimum absolute atomic E-state index is 0.390. The predicted octanol–water partition coefficient (Wildman–Crippen LogP) is 3.39. The fourth-order valence-electron chi connectivity index (χ4n) is 3.49. The number of nitriles is 4. The quantitative estimate of drug-likeness (QED) is 0.829. The summed E-state index contributed by atoms with van der Waals surface area (Å²) in [4.78, 5) is 0. The van der Waals surface area contributed by atoms with Crippen LogP contribution in [-0.2, 0) is 0 Å². The second-order valence-electron chi connectivity index (χ2n) is 5.82. The molecule has 2 atom stereocenters. The first kappa shape index (κ1) is 16.1. The van der Waals surface area contributed by atoms with E-state index in [1.54, 1.807) is 42.5 Å². The Bertz CT molecular complexity index is 917. The molecule has 1 saturated carbocycles. The number of para-hydroxylation sites is 1. The highest BCUT2D eigenvalue weighted by molar-refractivity contribution is 5.51. The first-order chi connectivity index (χ1) is 12.2. The summed E-state index contributed by atoms with van der Waals surface area (Å²) in [5.41, 5.74) is -3.53. The van der Waals surface area contributed by atoms with E-state index in [4.69, 9.17) is 4.74 Å². The molecular formula is C20H12N4O. The lowest BCUT2D eigenvalue weighted by atomic mass is 9.39. The minimum Gasteiger partial charge on any atom is -0.461 e. The van der Waals surface area contributed by atoms with Crippen LogP contribution in [0.15, 0.2) is 66.5 Å². The Hall–Kier alpha value is -3.80. The van der Waals surface area contributed by atoms with Crippen molar-refractivity contribution in [2.24, 2.45) is 22.7 Å². The van der Waals surface area contributed by atoms with Crippen molar-refractivity contribution in [3.05, 3.63) is 66.5 Å². The third-order valence-corrected chi connectivity index (χ3v) is 4.74. The summed E-state index contributed by atoms with van der Waals surface area (Å²) in [6.45, 7) is 0. The van der Waals surface area contributed by atoms with Crippen molar-refractivity contribution in [2.75, 3.05) is 0 Å². The van der Waals surface area contributed by atoms with Gasteiger partial charge in [-0.25, -0.2) is 0 Å². The van der Waals surface area contributed by atoms with Crippen LogP contribution in [0.4, 0.5) is 0 Å². The molecule has 25 heavy (non-hydrogen) atoms. The zero-order valence-corrected chi connectivity index (χ0v) is 13.1. The lowest BCUT2D eigenvalue weighted by molar-refractivity contribution is -0.0219. The van der Waals surface area contributed by atoms with E-state index in [1.807, 2.05) is 42.5 Å². The highest BCUT2D eigenvalue weighted by Crippen LogP contribution is 2.66. The van der Waals surface area contributed by atoms with Crippen LogP contribution >= 0.6 is 0 Å². The molecule has 2 aliphatic carbocycles. The van der Waals surface area contributed by atoms with Crippen LogP contribution in [0.25, 0.3) is 0 Å². The van der Waals surface area contributed by atoms with Gasteiger partial charge in [0.05, 0.1) is 30.2 Å². The molecule has 3 rings (SSSR count). The topological polar surface area (TPSA) is 104 Å². The Morgan fingerprint density at radius 1 is 0.800 bits per heavy atom. The van der Waals surface area contributed by atoms with E-state index in [0.29, 0.717) is 11.5 Å². The molecular weight excluding hydrogens is 312 g/mol. The third kappa shape index (κ3) is 2.05. The molecule has 0 aliphatic heterocycles. The highest BCUT2D eigenvalue weighted by atomic mass is 16.5. The van der Waals surface area contributed by atoms with Crippen molar-refractivity contribution in [1.82, 2.24) is 0 Å². The SMILES string of the molecule is N#CC1(C#N)[C@@H]2C=CC=CC=C(Oc3ccccc3)[C@H]2C1(C#N)C#N. The average Bonchev–Trinajstić information content (AvgIpc) is 2.63.